The van der Waals surface area contributed by atoms with E-state index in [1.165, 1.54) is 11.1 Å². The van der Waals surface area contributed by atoms with Crippen LogP contribution in [0.3, 0.4) is 0 Å². The predicted molar refractivity (Wildman–Crippen MR) is 97.8 cm³/mol. The number of hydrogen-bond acceptors (Lipinski definition) is 1. The van der Waals surface area contributed by atoms with E-state index in [1.54, 1.807) is 0 Å². The number of allylic oxidation sites excluding steroid dienone is 2. The highest BCUT2D eigenvalue weighted by atomic mass is 15.3. The topological polar surface area (TPSA) is 17.8 Å². The summed E-state index contributed by atoms with van der Waals surface area (Å²) in [6.45, 7) is 4.07. The lowest BCUT2D eigenvalue weighted by Crippen LogP contribution is -1.92. The van der Waals surface area contributed by atoms with Crippen LogP contribution in [-0.2, 0) is 0 Å². The van der Waals surface area contributed by atoms with Gasteiger partial charge in [-0.1, -0.05) is 60.7 Å². The molecule has 114 valence electrons. The molecule has 1 heterocycles. The Labute approximate surface area is 137 Å². The summed E-state index contributed by atoms with van der Waals surface area (Å²) in [6.07, 6.45) is 6.32. The molecule has 3 rings (SSSR count). The van der Waals surface area contributed by atoms with E-state index in [1.807, 2.05) is 29.9 Å². The molecule has 0 aliphatic heterocycles. The molecule has 0 aliphatic carbocycles. The van der Waals surface area contributed by atoms with E-state index in [-0.39, 0.29) is 0 Å². The quantitative estimate of drug-likeness (QED) is 0.477. The van der Waals surface area contributed by atoms with Crippen molar-refractivity contribution in [3.05, 3.63) is 95.3 Å². The van der Waals surface area contributed by atoms with Crippen LogP contribution in [0.15, 0.2) is 72.8 Å². The molecule has 0 unspecified atom stereocenters. The van der Waals surface area contributed by atoms with Crippen LogP contribution in [0.4, 0.5) is 0 Å². The van der Waals surface area contributed by atoms with Gasteiger partial charge in [-0.15, -0.1) is 0 Å². The molecule has 2 nitrogen and oxygen atoms in total. The molecule has 0 saturated heterocycles. The average molecular weight is 300 g/mol. The first-order valence-corrected chi connectivity index (χ1v) is 7.75. The molecule has 2 heteroatoms. The molecule has 0 saturated carbocycles. The largest absolute Gasteiger partial charge is 0.245 e. The molecular formula is C21H20N2. The maximum absolute atomic E-state index is 4.49. The Balaban J connectivity index is 1.99. The van der Waals surface area contributed by atoms with Crippen LogP contribution in [-0.4, -0.2) is 9.78 Å². The molecule has 0 N–H and O–H groups in total. The van der Waals surface area contributed by atoms with Gasteiger partial charge < -0.3 is 0 Å². The Kier molecular flexibility index (Phi) is 4.53. The summed E-state index contributed by atoms with van der Waals surface area (Å²) in [7, 11) is 0. The second kappa shape index (κ2) is 6.93. The summed E-state index contributed by atoms with van der Waals surface area (Å²) < 4.78 is 1.91. The van der Waals surface area contributed by atoms with E-state index in [0.717, 1.165) is 17.0 Å². The second-order valence-electron chi connectivity index (χ2n) is 5.56. The molecule has 0 spiro atoms. The first-order valence-electron chi connectivity index (χ1n) is 7.75. The third-order valence-corrected chi connectivity index (χ3v) is 3.67. The molecule has 0 fully saturated rings. The molecule has 0 atom stereocenters. The standard InChI is InChI=1S/C21H20N2/c1-17-15-18(2)23(22-17)14-13-21(20-11-7-4-8-12-20)16-19-9-5-3-6-10-19/h3-16H,1-2H3/b14-13-,21-16-. The van der Waals surface area contributed by atoms with Crippen LogP contribution in [0, 0.1) is 13.8 Å². The van der Waals surface area contributed by atoms with Gasteiger partial charge in [0, 0.05) is 11.9 Å². The van der Waals surface area contributed by atoms with Crippen LogP contribution >= 0.6 is 0 Å². The molecule has 0 aliphatic rings. The molecule has 23 heavy (non-hydrogen) atoms. The summed E-state index contributed by atoms with van der Waals surface area (Å²) in [4.78, 5) is 0. The van der Waals surface area contributed by atoms with E-state index in [9.17, 15) is 0 Å². The molecule has 0 radical (unpaired) electrons. The first-order chi connectivity index (χ1) is 11.2. The fourth-order valence-corrected chi connectivity index (χ4v) is 2.54. The van der Waals surface area contributed by atoms with Gasteiger partial charge in [0.1, 0.15) is 0 Å². The van der Waals surface area contributed by atoms with E-state index in [2.05, 4.69) is 78.8 Å². The van der Waals surface area contributed by atoms with Gasteiger partial charge in [-0.25, -0.2) is 4.68 Å². The summed E-state index contributed by atoms with van der Waals surface area (Å²) in [6, 6.07) is 22.9. The maximum atomic E-state index is 4.49. The lowest BCUT2D eigenvalue weighted by molar-refractivity contribution is 0.881. The number of benzene rings is 2. The Morgan fingerprint density at radius 1 is 0.913 bits per heavy atom. The molecule has 0 bridgehead atoms. The normalized spacial score (nSPS) is 12.0. The highest BCUT2D eigenvalue weighted by Gasteiger charge is 2.00. The predicted octanol–water partition coefficient (Wildman–Crippen LogP) is 5.21. The number of hydrogen-bond donors (Lipinski definition) is 0. The van der Waals surface area contributed by atoms with Crippen molar-refractivity contribution in [3.63, 3.8) is 0 Å². The van der Waals surface area contributed by atoms with Gasteiger partial charge in [-0.3, -0.25) is 0 Å². The van der Waals surface area contributed by atoms with Crippen molar-refractivity contribution in [3.8, 4) is 0 Å². The SMILES string of the molecule is Cc1cc(C)n(/C=C\C(=C\c2ccccc2)c2ccccc2)n1. The Morgan fingerprint density at radius 3 is 2.17 bits per heavy atom. The fraction of sp³-hybridized carbons (Fsp3) is 0.0952. The van der Waals surface area contributed by atoms with Gasteiger partial charge in [0.2, 0.25) is 0 Å². The number of rotatable bonds is 4. The zero-order valence-electron chi connectivity index (χ0n) is 13.5. The van der Waals surface area contributed by atoms with Crippen LogP contribution in [0.1, 0.15) is 22.5 Å². The van der Waals surface area contributed by atoms with E-state index in [0.29, 0.717) is 0 Å². The highest BCUT2D eigenvalue weighted by Crippen LogP contribution is 2.20. The van der Waals surface area contributed by atoms with E-state index >= 15 is 0 Å². The maximum Gasteiger partial charge on any atom is 0.0600 e. The van der Waals surface area contributed by atoms with E-state index < -0.39 is 0 Å². The van der Waals surface area contributed by atoms with Gasteiger partial charge >= 0.3 is 0 Å². The summed E-state index contributed by atoms with van der Waals surface area (Å²) in [5.74, 6) is 0. The smallest absolute Gasteiger partial charge is 0.0600 e. The summed E-state index contributed by atoms with van der Waals surface area (Å²) in [5.41, 5.74) is 5.69. The minimum atomic E-state index is 1.03. The van der Waals surface area contributed by atoms with Crippen molar-refractivity contribution in [2.24, 2.45) is 0 Å². The summed E-state index contributed by atoms with van der Waals surface area (Å²) in [5, 5.41) is 4.49. The fourth-order valence-electron chi connectivity index (χ4n) is 2.54. The van der Waals surface area contributed by atoms with Gasteiger partial charge in [0.05, 0.1) is 5.69 Å². The Morgan fingerprint density at radius 2 is 1.57 bits per heavy atom. The van der Waals surface area contributed by atoms with Crippen LogP contribution in [0.5, 0.6) is 0 Å². The lowest BCUT2D eigenvalue weighted by atomic mass is 10.0. The monoisotopic (exact) mass is 300 g/mol. The molecular weight excluding hydrogens is 280 g/mol. The molecule has 0 amide bonds. The minimum Gasteiger partial charge on any atom is -0.245 e. The van der Waals surface area contributed by atoms with Crippen molar-refractivity contribution in [2.75, 3.05) is 0 Å². The van der Waals surface area contributed by atoms with Crippen molar-refractivity contribution in [1.29, 1.82) is 0 Å². The van der Waals surface area contributed by atoms with Crippen LogP contribution < -0.4 is 0 Å². The Hall–Kier alpha value is -2.87. The number of nitrogens with zero attached hydrogens (tertiary/aromatic N) is 2. The van der Waals surface area contributed by atoms with Crippen molar-refractivity contribution in [2.45, 2.75) is 13.8 Å². The summed E-state index contributed by atoms with van der Waals surface area (Å²) >= 11 is 0. The molecule has 1 aromatic heterocycles. The van der Waals surface area contributed by atoms with E-state index in [4.69, 9.17) is 0 Å². The highest BCUT2D eigenvalue weighted by molar-refractivity contribution is 5.88. The lowest BCUT2D eigenvalue weighted by Gasteiger charge is -2.04. The average Bonchev–Trinajstić information content (AvgIpc) is 2.91. The van der Waals surface area contributed by atoms with Gasteiger partial charge in [0.15, 0.2) is 0 Å². The zero-order chi connectivity index (χ0) is 16.1. The number of aryl methyl sites for hydroxylation is 2. The van der Waals surface area contributed by atoms with Crippen molar-refractivity contribution < 1.29 is 0 Å². The first kappa shape index (κ1) is 15.0. The van der Waals surface area contributed by atoms with Gasteiger partial charge in [-0.05, 0) is 48.8 Å². The third-order valence-electron chi connectivity index (χ3n) is 3.67. The number of aromatic nitrogens is 2. The molecule has 3 aromatic rings. The zero-order valence-corrected chi connectivity index (χ0v) is 13.5. The third kappa shape index (κ3) is 3.86. The molecule has 2 aromatic carbocycles. The van der Waals surface area contributed by atoms with Crippen LogP contribution in [0.25, 0.3) is 17.8 Å². The van der Waals surface area contributed by atoms with Crippen LogP contribution in [0.2, 0.25) is 0 Å². The van der Waals surface area contributed by atoms with Gasteiger partial charge in [0.25, 0.3) is 0 Å². The minimum absolute atomic E-state index is 1.03. The second-order valence-corrected chi connectivity index (χ2v) is 5.56. The van der Waals surface area contributed by atoms with Crippen molar-refractivity contribution in [1.82, 2.24) is 9.78 Å². The van der Waals surface area contributed by atoms with Crippen molar-refractivity contribution >= 4 is 17.8 Å². The Bertz CT molecular complexity index is 825. The van der Waals surface area contributed by atoms with Gasteiger partial charge in [-0.2, -0.15) is 5.10 Å².